The Morgan fingerprint density at radius 1 is 1.50 bits per heavy atom. The zero-order valence-corrected chi connectivity index (χ0v) is 11.5. The predicted octanol–water partition coefficient (Wildman–Crippen LogP) is 3.04. The molecule has 0 spiro atoms. The van der Waals surface area contributed by atoms with Crippen LogP contribution in [0.1, 0.15) is 24.9 Å². The van der Waals surface area contributed by atoms with Crippen molar-refractivity contribution in [3.63, 3.8) is 0 Å². The van der Waals surface area contributed by atoms with Crippen LogP contribution < -0.4 is 0 Å². The fourth-order valence-corrected chi connectivity index (χ4v) is 1.91. The van der Waals surface area contributed by atoms with Crippen molar-refractivity contribution in [2.24, 2.45) is 0 Å². The summed E-state index contributed by atoms with van der Waals surface area (Å²) in [6.07, 6.45) is 0.0953. The highest BCUT2D eigenvalue weighted by molar-refractivity contribution is 6.30. The van der Waals surface area contributed by atoms with Gasteiger partial charge in [0.05, 0.1) is 18.1 Å². The number of hydrogen-bond donors (Lipinski definition) is 0. The minimum atomic E-state index is -0.484. The second-order valence-corrected chi connectivity index (χ2v) is 4.54. The summed E-state index contributed by atoms with van der Waals surface area (Å²) >= 11 is 5.75. The smallest absolute Gasteiger partial charge is 0.307 e. The van der Waals surface area contributed by atoms with Gasteiger partial charge in [0.1, 0.15) is 5.82 Å². The average molecular weight is 274 g/mol. The third kappa shape index (κ3) is 3.68. The first-order chi connectivity index (χ1) is 8.47. The molecule has 1 rings (SSSR count). The minimum absolute atomic E-state index is 0.0585. The molecule has 1 aromatic rings. The van der Waals surface area contributed by atoms with Gasteiger partial charge in [0.2, 0.25) is 0 Å². The van der Waals surface area contributed by atoms with E-state index >= 15 is 0 Å². The van der Waals surface area contributed by atoms with Crippen LogP contribution in [0.2, 0.25) is 5.02 Å². The first-order valence-electron chi connectivity index (χ1n) is 5.73. The van der Waals surface area contributed by atoms with Crippen molar-refractivity contribution in [3.05, 3.63) is 34.6 Å². The molecule has 1 atom stereocenters. The molecule has 0 heterocycles. The number of hydrogen-bond acceptors (Lipinski definition) is 3. The van der Waals surface area contributed by atoms with Crippen LogP contribution in [0.4, 0.5) is 4.39 Å². The third-order valence-corrected chi connectivity index (χ3v) is 2.92. The van der Waals surface area contributed by atoms with Gasteiger partial charge in [-0.25, -0.2) is 4.39 Å². The molecule has 18 heavy (non-hydrogen) atoms. The number of esters is 1. The summed E-state index contributed by atoms with van der Waals surface area (Å²) in [5.41, 5.74) is 0.403. The van der Waals surface area contributed by atoms with Crippen LogP contribution in [0.3, 0.4) is 0 Å². The van der Waals surface area contributed by atoms with E-state index in [-0.39, 0.29) is 23.5 Å². The SMILES string of the molecule is CCOC(=O)CC(c1cccc(Cl)c1F)N(C)C. The molecule has 0 fully saturated rings. The van der Waals surface area contributed by atoms with Gasteiger partial charge in [-0.2, -0.15) is 0 Å². The van der Waals surface area contributed by atoms with Gasteiger partial charge in [0, 0.05) is 11.6 Å². The maximum atomic E-state index is 13.9. The molecule has 0 aliphatic heterocycles. The molecule has 0 aliphatic carbocycles. The van der Waals surface area contributed by atoms with Crippen LogP contribution >= 0.6 is 11.6 Å². The molecule has 1 unspecified atom stereocenters. The van der Waals surface area contributed by atoms with Crippen LogP contribution in [-0.4, -0.2) is 31.6 Å². The van der Waals surface area contributed by atoms with E-state index in [0.29, 0.717) is 12.2 Å². The van der Waals surface area contributed by atoms with Gasteiger partial charge in [-0.3, -0.25) is 4.79 Å². The van der Waals surface area contributed by atoms with Gasteiger partial charge in [-0.05, 0) is 27.1 Å². The van der Waals surface area contributed by atoms with E-state index in [2.05, 4.69) is 0 Å². The van der Waals surface area contributed by atoms with Crippen LogP contribution in [0.5, 0.6) is 0 Å². The molecule has 0 amide bonds. The normalized spacial score (nSPS) is 12.6. The van der Waals surface area contributed by atoms with Gasteiger partial charge in [-0.1, -0.05) is 23.7 Å². The lowest BCUT2D eigenvalue weighted by atomic mass is 10.0. The largest absolute Gasteiger partial charge is 0.466 e. The maximum absolute atomic E-state index is 13.9. The number of halogens is 2. The van der Waals surface area contributed by atoms with E-state index in [0.717, 1.165) is 0 Å². The van der Waals surface area contributed by atoms with E-state index in [1.807, 2.05) is 0 Å². The molecule has 5 heteroatoms. The standard InChI is InChI=1S/C13H17ClFNO2/c1-4-18-12(17)8-11(16(2)3)9-6-5-7-10(14)13(9)15/h5-7,11H,4,8H2,1-3H3. The lowest BCUT2D eigenvalue weighted by Crippen LogP contribution is -2.24. The Balaban J connectivity index is 2.98. The number of ether oxygens (including phenoxy) is 1. The Morgan fingerprint density at radius 2 is 2.17 bits per heavy atom. The van der Waals surface area contributed by atoms with E-state index in [1.165, 1.54) is 6.07 Å². The van der Waals surface area contributed by atoms with Crippen molar-refractivity contribution in [1.29, 1.82) is 0 Å². The molecule has 0 saturated heterocycles. The number of rotatable bonds is 5. The van der Waals surface area contributed by atoms with Gasteiger partial charge in [-0.15, -0.1) is 0 Å². The maximum Gasteiger partial charge on any atom is 0.307 e. The second kappa shape index (κ2) is 6.71. The van der Waals surface area contributed by atoms with E-state index in [9.17, 15) is 9.18 Å². The predicted molar refractivity (Wildman–Crippen MR) is 69.1 cm³/mol. The summed E-state index contributed by atoms with van der Waals surface area (Å²) < 4.78 is 18.8. The Bertz CT molecular complexity index is 423. The zero-order chi connectivity index (χ0) is 13.7. The molecular formula is C13H17ClFNO2. The van der Waals surface area contributed by atoms with Crippen molar-refractivity contribution in [2.45, 2.75) is 19.4 Å². The molecule has 100 valence electrons. The van der Waals surface area contributed by atoms with Crippen LogP contribution in [-0.2, 0) is 9.53 Å². The molecule has 0 N–H and O–H groups in total. The molecule has 1 aromatic carbocycles. The topological polar surface area (TPSA) is 29.5 Å². The van der Waals surface area contributed by atoms with Gasteiger partial charge in [0.15, 0.2) is 0 Å². The van der Waals surface area contributed by atoms with Crippen LogP contribution in [0, 0.1) is 5.82 Å². The first-order valence-corrected chi connectivity index (χ1v) is 6.11. The summed E-state index contributed by atoms with van der Waals surface area (Å²) in [6.45, 7) is 2.06. The summed E-state index contributed by atoms with van der Waals surface area (Å²) in [5, 5.41) is 0.0585. The molecular weight excluding hydrogens is 257 g/mol. The molecule has 0 aromatic heterocycles. The minimum Gasteiger partial charge on any atom is -0.466 e. The van der Waals surface area contributed by atoms with Gasteiger partial charge >= 0.3 is 5.97 Å². The Morgan fingerprint density at radius 3 is 2.72 bits per heavy atom. The highest BCUT2D eigenvalue weighted by atomic mass is 35.5. The van der Waals surface area contributed by atoms with Crippen molar-refractivity contribution < 1.29 is 13.9 Å². The fourth-order valence-electron chi connectivity index (χ4n) is 1.73. The Hall–Kier alpha value is -1.13. The zero-order valence-electron chi connectivity index (χ0n) is 10.7. The van der Waals surface area contributed by atoms with Crippen molar-refractivity contribution in [1.82, 2.24) is 4.90 Å². The van der Waals surface area contributed by atoms with E-state index in [4.69, 9.17) is 16.3 Å². The number of carbonyl (C=O) groups excluding carboxylic acids is 1. The van der Waals surface area contributed by atoms with Gasteiger partial charge < -0.3 is 9.64 Å². The van der Waals surface area contributed by atoms with E-state index in [1.54, 1.807) is 38.1 Å². The lowest BCUT2D eigenvalue weighted by Gasteiger charge is -2.24. The fraction of sp³-hybridized carbons (Fsp3) is 0.462. The summed E-state index contributed by atoms with van der Waals surface area (Å²) in [5.74, 6) is -0.835. The van der Waals surface area contributed by atoms with E-state index < -0.39 is 5.82 Å². The number of benzene rings is 1. The monoisotopic (exact) mass is 273 g/mol. The summed E-state index contributed by atoms with van der Waals surface area (Å²) in [7, 11) is 3.56. The summed E-state index contributed by atoms with van der Waals surface area (Å²) in [4.78, 5) is 13.3. The van der Waals surface area contributed by atoms with Crippen LogP contribution in [0.15, 0.2) is 18.2 Å². The highest BCUT2D eigenvalue weighted by Crippen LogP contribution is 2.28. The Labute approximate surface area is 111 Å². The molecule has 0 bridgehead atoms. The molecule has 0 aliphatic rings. The van der Waals surface area contributed by atoms with Crippen LogP contribution in [0.25, 0.3) is 0 Å². The first kappa shape index (κ1) is 14.9. The molecule has 0 radical (unpaired) electrons. The number of carbonyl (C=O) groups is 1. The highest BCUT2D eigenvalue weighted by Gasteiger charge is 2.23. The third-order valence-electron chi connectivity index (χ3n) is 2.63. The second-order valence-electron chi connectivity index (χ2n) is 4.13. The van der Waals surface area contributed by atoms with Crippen molar-refractivity contribution in [3.8, 4) is 0 Å². The summed E-state index contributed by atoms with van der Waals surface area (Å²) in [6, 6.07) is 4.40. The van der Waals surface area contributed by atoms with Crippen molar-refractivity contribution >= 4 is 17.6 Å². The average Bonchev–Trinajstić information content (AvgIpc) is 2.30. The quantitative estimate of drug-likeness (QED) is 0.773. The van der Waals surface area contributed by atoms with Gasteiger partial charge in [0.25, 0.3) is 0 Å². The molecule has 3 nitrogen and oxygen atoms in total. The Kier molecular flexibility index (Phi) is 5.56. The molecule has 0 saturated carbocycles. The number of nitrogens with zero attached hydrogens (tertiary/aromatic N) is 1. The lowest BCUT2D eigenvalue weighted by molar-refractivity contribution is -0.144. The van der Waals surface area contributed by atoms with Crippen molar-refractivity contribution in [2.75, 3.05) is 20.7 Å².